The van der Waals surface area contributed by atoms with Gasteiger partial charge in [0.15, 0.2) is 17.5 Å². The van der Waals surface area contributed by atoms with Crippen molar-refractivity contribution in [2.45, 2.75) is 0 Å². The molecule has 0 atom stereocenters. The summed E-state index contributed by atoms with van der Waals surface area (Å²) in [6, 6.07) is 65.7. The lowest BCUT2D eigenvalue weighted by atomic mass is 9.96. The van der Waals surface area contributed by atoms with E-state index in [1.54, 1.807) is 0 Å². The largest absolute Gasteiger partial charge is 0.455 e. The number of furan rings is 1. The van der Waals surface area contributed by atoms with Gasteiger partial charge in [0, 0.05) is 33.0 Å². The quantitative estimate of drug-likeness (QED) is 0.179. The van der Waals surface area contributed by atoms with Crippen molar-refractivity contribution in [3.8, 4) is 56.4 Å². The summed E-state index contributed by atoms with van der Waals surface area (Å²) >= 11 is 0. The van der Waals surface area contributed by atoms with Crippen molar-refractivity contribution in [3.05, 3.63) is 188 Å². The van der Waals surface area contributed by atoms with Gasteiger partial charge in [-0.25, -0.2) is 15.0 Å². The van der Waals surface area contributed by atoms with Gasteiger partial charge in [-0.05, 0) is 67.2 Å². The fourth-order valence-electron chi connectivity index (χ4n) is 8.09. The van der Waals surface area contributed by atoms with E-state index in [4.69, 9.17) is 19.4 Å². The Morgan fingerprint density at radius 3 is 1.44 bits per heavy atom. The molecule has 0 radical (unpaired) electrons. The number of hydrogen-bond acceptors (Lipinski definition) is 4. The van der Waals surface area contributed by atoms with Crippen LogP contribution in [0.2, 0.25) is 0 Å². The molecule has 0 saturated heterocycles. The van der Waals surface area contributed by atoms with Crippen LogP contribution < -0.4 is 0 Å². The maximum Gasteiger partial charge on any atom is 0.164 e. The number of para-hydroxylation sites is 1. The van der Waals surface area contributed by atoms with Crippen LogP contribution in [0, 0.1) is 0 Å². The Morgan fingerprint density at radius 1 is 0.309 bits per heavy atom. The maximum atomic E-state index is 6.60. The summed E-state index contributed by atoms with van der Waals surface area (Å²) in [5, 5.41) is 9.17. The smallest absolute Gasteiger partial charge is 0.164 e. The van der Waals surface area contributed by atoms with Crippen LogP contribution in [0.15, 0.2) is 192 Å². The van der Waals surface area contributed by atoms with Crippen molar-refractivity contribution in [2.24, 2.45) is 0 Å². The Balaban J connectivity index is 1.05. The standard InChI is InChI=1S/C51H31N3O/c1-4-21-39-32(12-1)15-9-25-43(39)50-52-49(53-51(54-50)44-26-10-16-33-13-2-5-22-40(33)44)38-20-8-18-36(31-38)35-17-7-19-37(30-35)42-24-11-27-45-47-41-23-6-3-14-34(41)28-29-46(47)55-48(42)45/h1-31H. The number of nitrogens with zero attached hydrogens (tertiary/aromatic N) is 3. The van der Waals surface area contributed by atoms with Gasteiger partial charge in [0.2, 0.25) is 0 Å². The molecule has 0 N–H and O–H groups in total. The van der Waals surface area contributed by atoms with E-state index in [1.165, 1.54) is 10.8 Å². The molecular weight excluding hydrogens is 671 g/mol. The first-order chi connectivity index (χ1) is 27.2. The van der Waals surface area contributed by atoms with E-state index in [0.717, 1.165) is 82.4 Å². The van der Waals surface area contributed by atoms with Crippen molar-refractivity contribution >= 4 is 54.3 Å². The van der Waals surface area contributed by atoms with Gasteiger partial charge in [0.1, 0.15) is 11.2 Å². The van der Waals surface area contributed by atoms with Crippen LogP contribution in [0.3, 0.4) is 0 Å². The van der Waals surface area contributed by atoms with Gasteiger partial charge < -0.3 is 4.42 Å². The molecule has 0 aliphatic heterocycles. The van der Waals surface area contributed by atoms with E-state index in [1.807, 2.05) is 0 Å². The molecule has 0 unspecified atom stereocenters. The fourth-order valence-corrected chi connectivity index (χ4v) is 8.09. The molecule has 0 aliphatic carbocycles. The summed E-state index contributed by atoms with van der Waals surface area (Å²) in [7, 11) is 0. The highest BCUT2D eigenvalue weighted by Gasteiger charge is 2.18. The lowest BCUT2D eigenvalue weighted by molar-refractivity contribution is 0.670. The number of rotatable bonds is 5. The molecule has 55 heavy (non-hydrogen) atoms. The van der Waals surface area contributed by atoms with Crippen LogP contribution in [0.5, 0.6) is 0 Å². The molecule has 0 bridgehead atoms. The number of benzene rings is 9. The van der Waals surface area contributed by atoms with E-state index >= 15 is 0 Å². The Bertz CT molecular complexity index is 3180. The minimum Gasteiger partial charge on any atom is -0.455 e. The van der Waals surface area contributed by atoms with Gasteiger partial charge in [-0.1, -0.05) is 170 Å². The molecule has 4 nitrogen and oxygen atoms in total. The summed E-state index contributed by atoms with van der Waals surface area (Å²) < 4.78 is 6.60. The van der Waals surface area contributed by atoms with E-state index in [0.29, 0.717) is 17.5 Å². The predicted molar refractivity (Wildman–Crippen MR) is 227 cm³/mol. The van der Waals surface area contributed by atoms with Crippen LogP contribution in [0.1, 0.15) is 0 Å². The van der Waals surface area contributed by atoms with Crippen LogP contribution in [0.25, 0.3) is 111 Å². The third-order valence-corrected chi connectivity index (χ3v) is 10.7. The van der Waals surface area contributed by atoms with Crippen molar-refractivity contribution in [1.82, 2.24) is 15.0 Å². The monoisotopic (exact) mass is 701 g/mol. The molecule has 11 aromatic rings. The fraction of sp³-hybridized carbons (Fsp3) is 0. The Kier molecular flexibility index (Phi) is 7.14. The minimum atomic E-state index is 0.623. The van der Waals surface area contributed by atoms with Crippen LogP contribution >= 0.6 is 0 Å². The second-order valence-electron chi connectivity index (χ2n) is 14.0. The second kappa shape index (κ2) is 12.6. The summed E-state index contributed by atoms with van der Waals surface area (Å²) in [6.07, 6.45) is 0. The topological polar surface area (TPSA) is 51.8 Å². The summed E-state index contributed by atoms with van der Waals surface area (Å²) in [5.74, 6) is 1.91. The highest BCUT2D eigenvalue weighted by molar-refractivity contribution is 6.20. The van der Waals surface area contributed by atoms with Crippen molar-refractivity contribution in [3.63, 3.8) is 0 Å². The molecular formula is C51H31N3O. The van der Waals surface area contributed by atoms with E-state index in [-0.39, 0.29) is 0 Å². The zero-order valence-electron chi connectivity index (χ0n) is 29.6. The maximum absolute atomic E-state index is 6.60. The van der Waals surface area contributed by atoms with Crippen LogP contribution in [-0.4, -0.2) is 15.0 Å². The normalized spacial score (nSPS) is 11.6. The van der Waals surface area contributed by atoms with E-state index in [2.05, 4.69) is 188 Å². The average Bonchev–Trinajstić information content (AvgIpc) is 3.66. The summed E-state index contributed by atoms with van der Waals surface area (Å²) in [6.45, 7) is 0. The number of hydrogen-bond donors (Lipinski definition) is 0. The van der Waals surface area contributed by atoms with Crippen molar-refractivity contribution in [1.29, 1.82) is 0 Å². The van der Waals surface area contributed by atoms with Gasteiger partial charge in [-0.3, -0.25) is 0 Å². The lowest BCUT2D eigenvalue weighted by Gasteiger charge is -2.12. The van der Waals surface area contributed by atoms with Crippen molar-refractivity contribution < 1.29 is 4.42 Å². The van der Waals surface area contributed by atoms with Crippen LogP contribution in [-0.2, 0) is 0 Å². The highest BCUT2D eigenvalue weighted by Crippen LogP contribution is 2.40. The molecule has 0 fully saturated rings. The molecule has 2 heterocycles. The Morgan fingerprint density at radius 2 is 0.764 bits per heavy atom. The van der Waals surface area contributed by atoms with Gasteiger partial charge in [0.05, 0.1) is 0 Å². The van der Waals surface area contributed by atoms with Gasteiger partial charge in [-0.2, -0.15) is 0 Å². The first kappa shape index (κ1) is 31.1. The molecule has 11 rings (SSSR count). The average molecular weight is 702 g/mol. The number of aromatic nitrogens is 3. The predicted octanol–water partition coefficient (Wildman–Crippen LogP) is 13.6. The van der Waals surface area contributed by atoms with E-state index in [9.17, 15) is 0 Å². The molecule has 4 heteroatoms. The first-order valence-electron chi connectivity index (χ1n) is 18.5. The minimum absolute atomic E-state index is 0.623. The molecule has 9 aromatic carbocycles. The zero-order valence-corrected chi connectivity index (χ0v) is 29.6. The summed E-state index contributed by atoms with van der Waals surface area (Å²) in [4.78, 5) is 15.5. The first-order valence-corrected chi connectivity index (χ1v) is 18.5. The van der Waals surface area contributed by atoms with Crippen LogP contribution in [0.4, 0.5) is 0 Å². The van der Waals surface area contributed by atoms with Crippen molar-refractivity contribution in [2.75, 3.05) is 0 Å². The SMILES string of the molecule is c1cc(-c2cccc(-c3cccc4c3oc3ccc5ccccc5c34)c2)cc(-c2nc(-c3cccc4ccccc34)nc(-c3cccc4ccccc34)n2)c1. The van der Waals surface area contributed by atoms with E-state index < -0.39 is 0 Å². The Hall–Kier alpha value is -7.43. The van der Waals surface area contributed by atoms with Gasteiger partial charge in [0.25, 0.3) is 0 Å². The molecule has 256 valence electrons. The molecule has 0 spiro atoms. The molecule has 0 aliphatic rings. The molecule has 0 amide bonds. The molecule has 2 aromatic heterocycles. The second-order valence-corrected chi connectivity index (χ2v) is 14.0. The summed E-state index contributed by atoms with van der Waals surface area (Å²) in [5.41, 5.74) is 8.97. The van der Waals surface area contributed by atoms with Gasteiger partial charge >= 0.3 is 0 Å². The zero-order chi connectivity index (χ0) is 36.3. The molecule has 0 saturated carbocycles. The number of fused-ring (bicyclic) bond motifs is 7. The third-order valence-electron chi connectivity index (χ3n) is 10.7. The Labute approximate surface area is 317 Å². The highest BCUT2D eigenvalue weighted by atomic mass is 16.3. The van der Waals surface area contributed by atoms with Gasteiger partial charge in [-0.15, -0.1) is 0 Å². The lowest BCUT2D eigenvalue weighted by Crippen LogP contribution is -2.01. The third kappa shape index (κ3) is 5.26.